The number of carbonyl (C=O) groups excluding carboxylic acids is 2. The van der Waals surface area contributed by atoms with E-state index in [9.17, 15) is 9.59 Å². The first kappa shape index (κ1) is 18.2. The summed E-state index contributed by atoms with van der Waals surface area (Å²) in [7, 11) is 1.65. The predicted octanol–water partition coefficient (Wildman–Crippen LogP) is 2.08. The predicted molar refractivity (Wildman–Crippen MR) is 92.0 cm³/mol. The number of nitrogens with zero attached hydrogens (tertiary/aromatic N) is 1. The van der Waals surface area contributed by atoms with Gasteiger partial charge in [-0.15, -0.1) is 0 Å². The molecular weight excluding hydrogens is 308 g/mol. The van der Waals surface area contributed by atoms with Crippen LogP contribution in [0.2, 0.25) is 0 Å². The molecule has 2 amide bonds. The standard InChI is InChI=1S/C18H24N2O4/c1-4-16(21)19-15-7-5-6-14(12-15)17(22)20-9-11-24-18(2,13-20)8-10-23-3/h4-7,12H,1,8-11,13H2,2-3H3,(H,19,21). The van der Waals surface area contributed by atoms with Gasteiger partial charge in [0.25, 0.3) is 5.91 Å². The number of amides is 2. The number of rotatable bonds is 6. The molecule has 1 fully saturated rings. The van der Waals surface area contributed by atoms with E-state index < -0.39 is 5.60 Å². The summed E-state index contributed by atoms with van der Waals surface area (Å²) in [4.78, 5) is 26.0. The van der Waals surface area contributed by atoms with Crippen molar-refractivity contribution >= 4 is 17.5 Å². The number of morpholine rings is 1. The largest absolute Gasteiger partial charge is 0.385 e. The van der Waals surface area contributed by atoms with E-state index in [1.54, 1.807) is 36.3 Å². The van der Waals surface area contributed by atoms with E-state index in [1.807, 2.05) is 6.92 Å². The van der Waals surface area contributed by atoms with Gasteiger partial charge in [0.1, 0.15) is 0 Å². The third-order valence-corrected chi connectivity index (χ3v) is 4.02. The van der Waals surface area contributed by atoms with Crippen molar-refractivity contribution in [1.29, 1.82) is 0 Å². The van der Waals surface area contributed by atoms with Crippen molar-refractivity contribution in [2.45, 2.75) is 18.9 Å². The van der Waals surface area contributed by atoms with Crippen molar-refractivity contribution in [2.24, 2.45) is 0 Å². The average Bonchev–Trinajstić information content (AvgIpc) is 2.59. The zero-order valence-electron chi connectivity index (χ0n) is 14.2. The molecule has 0 aliphatic carbocycles. The van der Waals surface area contributed by atoms with Crippen LogP contribution in [0.3, 0.4) is 0 Å². The Bertz CT molecular complexity index is 617. The van der Waals surface area contributed by atoms with Crippen molar-refractivity contribution in [3.8, 4) is 0 Å². The molecule has 1 heterocycles. The molecule has 1 saturated heterocycles. The number of benzene rings is 1. The Morgan fingerprint density at radius 3 is 3.00 bits per heavy atom. The Hall–Kier alpha value is -2.18. The second-order valence-corrected chi connectivity index (χ2v) is 6.04. The van der Waals surface area contributed by atoms with Crippen LogP contribution in [0.15, 0.2) is 36.9 Å². The zero-order valence-corrected chi connectivity index (χ0v) is 14.2. The van der Waals surface area contributed by atoms with Crippen molar-refractivity contribution in [1.82, 2.24) is 4.90 Å². The van der Waals surface area contributed by atoms with Gasteiger partial charge in [-0.1, -0.05) is 12.6 Å². The molecule has 0 radical (unpaired) electrons. The van der Waals surface area contributed by atoms with Crippen LogP contribution < -0.4 is 5.32 Å². The molecule has 1 aliphatic rings. The van der Waals surface area contributed by atoms with Crippen LogP contribution in [0.5, 0.6) is 0 Å². The SMILES string of the molecule is C=CC(=O)Nc1cccc(C(=O)N2CCOC(C)(CCOC)C2)c1. The molecule has 0 bridgehead atoms. The lowest BCUT2D eigenvalue weighted by Gasteiger charge is -2.40. The number of hydrogen-bond acceptors (Lipinski definition) is 4. The monoisotopic (exact) mass is 332 g/mol. The zero-order chi connectivity index (χ0) is 17.6. The van der Waals surface area contributed by atoms with Crippen LogP contribution in [0.4, 0.5) is 5.69 Å². The molecule has 2 rings (SSSR count). The van der Waals surface area contributed by atoms with E-state index in [-0.39, 0.29) is 11.8 Å². The highest BCUT2D eigenvalue weighted by atomic mass is 16.5. The van der Waals surface area contributed by atoms with Gasteiger partial charge in [0.15, 0.2) is 0 Å². The molecule has 1 unspecified atom stereocenters. The molecule has 0 saturated carbocycles. The van der Waals surface area contributed by atoms with Crippen molar-refractivity contribution in [3.05, 3.63) is 42.5 Å². The van der Waals surface area contributed by atoms with Gasteiger partial charge in [-0.25, -0.2) is 0 Å². The lowest BCUT2D eigenvalue weighted by molar-refractivity contribution is -0.111. The highest BCUT2D eigenvalue weighted by molar-refractivity contribution is 6.00. The summed E-state index contributed by atoms with van der Waals surface area (Å²) >= 11 is 0. The quantitative estimate of drug-likeness (QED) is 0.810. The Kier molecular flexibility index (Phi) is 6.11. The maximum absolute atomic E-state index is 12.8. The lowest BCUT2D eigenvalue weighted by atomic mass is 9.99. The summed E-state index contributed by atoms with van der Waals surface area (Å²) in [5.74, 6) is -0.380. The van der Waals surface area contributed by atoms with Crippen LogP contribution in [0.1, 0.15) is 23.7 Å². The summed E-state index contributed by atoms with van der Waals surface area (Å²) in [5, 5.41) is 2.66. The summed E-state index contributed by atoms with van der Waals surface area (Å²) in [6, 6.07) is 6.90. The van der Waals surface area contributed by atoms with Gasteiger partial charge < -0.3 is 19.7 Å². The van der Waals surface area contributed by atoms with Gasteiger partial charge in [0, 0.05) is 44.5 Å². The van der Waals surface area contributed by atoms with Gasteiger partial charge in [-0.2, -0.15) is 0 Å². The van der Waals surface area contributed by atoms with Gasteiger partial charge in [0.2, 0.25) is 5.91 Å². The van der Waals surface area contributed by atoms with E-state index in [0.29, 0.717) is 37.6 Å². The summed E-state index contributed by atoms with van der Waals surface area (Å²) in [5.41, 5.74) is 0.701. The van der Waals surface area contributed by atoms with E-state index in [1.165, 1.54) is 6.08 Å². The highest BCUT2D eigenvalue weighted by Crippen LogP contribution is 2.23. The molecular formula is C18H24N2O4. The minimum absolute atomic E-state index is 0.0726. The first-order valence-electron chi connectivity index (χ1n) is 7.93. The Morgan fingerprint density at radius 2 is 2.29 bits per heavy atom. The fourth-order valence-corrected chi connectivity index (χ4v) is 2.68. The van der Waals surface area contributed by atoms with E-state index in [2.05, 4.69) is 11.9 Å². The van der Waals surface area contributed by atoms with Crippen molar-refractivity contribution in [2.75, 3.05) is 38.7 Å². The number of methoxy groups -OCH3 is 1. The van der Waals surface area contributed by atoms with Crippen LogP contribution in [0.25, 0.3) is 0 Å². The first-order chi connectivity index (χ1) is 11.5. The molecule has 1 aromatic rings. The second kappa shape index (κ2) is 8.08. The average molecular weight is 332 g/mol. The second-order valence-electron chi connectivity index (χ2n) is 6.04. The minimum atomic E-state index is -0.404. The highest BCUT2D eigenvalue weighted by Gasteiger charge is 2.34. The summed E-state index contributed by atoms with van der Waals surface area (Å²) in [6.07, 6.45) is 1.92. The van der Waals surface area contributed by atoms with Crippen LogP contribution in [0, 0.1) is 0 Å². The third-order valence-electron chi connectivity index (χ3n) is 4.02. The number of ether oxygens (including phenoxy) is 2. The maximum Gasteiger partial charge on any atom is 0.254 e. The van der Waals surface area contributed by atoms with Crippen LogP contribution >= 0.6 is 0 Å². The number of hydrogen-bond donors (Lipinski definition) is 1. The normalized spacial score (nSPS) is 20.5. The van der Waals surface area contributed by atoms with E-state index in [0.717, 1.165) is 6.42 Å². The first-order valence-corrected chi connectivity index (χ1v) is 7.93. The fourth-order valence-electron chi connectivity index (χ4n) is 2.68. The molecule has 130 valence electrons. The van der Waals surface area contributed by atoms with Gasteiger partial charge in [-0.05, 0) is 31.2 Å². The lowest BCUT2D eigenvalue weighted by Crippen LogP contribution is -2.52. The number of anilines is 1. The third kappa shape index (κ3) is 4.66. The van der Waals surface area contributed by atoms with Crippen molar-refractivity contribution < 1.29 is 19.1 Å². The molecule has 24 heavy (non-hydrogen) atoms. The van der Waals surface area contributed by atoms with Gasteiger partial charge >= 0.3 is 0 Å². The number of carbonyl (C=O) groups is 2. The Morgan fingerprint density at radius 1 is 1.50 bits per heavy atom. The van der Waals surface area contributed by atoms with Crippen LogP contribution in [-0.2, 0) is 14.3 Å². The number of nitrogens with one attached hydrogen (secondary N) is 1. The van der Waals surface area contributed by atoms with E-state index >= 15 is 0 Å². The molecule has 1 aliphatic heterocycles. The molecule has 0 aromatic heterocycles. The molecule has 1 atom stereocenters. The fraction of sp³-hybridized carbons (Fsp3) is 0.444. The molecule has 6 heteroatoms. The Labute approximate surface area is 142 Å². The summed E-state index contributed by atoms with van der Waals surface area (Å²) in [6.45, 7) is 7.55. The van der Waals surface area contributed by atoms with Crippen LogP contribution in [-0.4, -0.2) is 55.7 Å². The minimum Gasteiger partial charge on any atom is -0.385 e. The van der Waals surface area contributed by atoms with Gasteiger partial charge in [0.05, 0.1) is 12.2 Å². The van der Waals surface area contributed by atoms with E-state index in [4.69, 9.17) is 9.47 Å². The maximum atomic E-state index is 12.8. The van der Waals surface area contributed by atoms with Crippen molar-refractivity contribution in [3.63, 3.8) is 0 Å². The van der Waals surface area contributed by atoms with Gasteiger partial charge in [-0.3, -0.25) is 9.59 Å². The summed E-state index contributed by atoms with van der Waals surface area (Å²) < 4.78 is 11.0. The molecule has 0 spiro atoms. The topological polar surface area (TPSA) is 67.9 Å². The molecule has 1 aromatic carbocycles. The molecule has 1 N–H and O–H groups in total. The Balaban J connectivity index is 2.09. The smallest absolute Gasteiger partial charge is 0.254 e. The molecule has 6 nitrogen and oxygen atoms in total.